The number of rotatable bonds is 3. The van der Waals surface area contributed by atoms with Crippen molar-refractivity contribution in [1.29, 1.82) is 0 Å². The lowest BCUT2D eigenvalue weighted by molar-refractivity contribution is -0.139. The van der Waals surface area contributed by atoms with E-state index in [4.69, 9.17) is 0 Å². The lowest BCUT2D eigenvalue weighted by atomic mass is 9.98. The molecule has 1 aliphatic rings. The van der Waals surface area contributed by atoms with E-state index >= 15 is 0 Å². The highest BCUT2D eigenvalue weighted by Crippen LogP contribution is 2.21. The van der Waals surface area contributed by atoms with Gasteiger partial charge in [0.15, 0.2) is 0 Å². The van der Waals surface area contributed by atoms with Gasteiger partial charge < -0.3 is 10.4 Å². The summed E-state index contributed by atoms with van der Waals surface area (Å²) in [5.41, 5.74) is -0.739. The van der Waals surface area contributed by atoms with Crippen molar-refractivity contribution in [3.63, 3.8) is 0 Å². The molecule has 1 unspecified atom stereocenters. The quantitative estimate of drug-likeness (QED) is 0.799. The molecule has 7 heteroatoms. The van der Waals surface area contributed by atoms with Gasteiger partial charge in [0.1, 0.15) is 6.54 Å². The van der Waals surface area contributed by atoms with Crippen LogP contribution < -0.4 is 5.32 Å². The van der Waals surface area contributed by atoms with E-state index in [2.05, 4.69) is 0 Å². The average Bonchev–Trinajstić information content (AvgIpc) is 2.37. The van der Waals surface area contributed by atoms with E-state index < -0.39 is 24.2 Å². The number of carbonyl (C=O) groups is 1. The molecule has 1 fully saturated rings. The molecule has 1 saturated heterocycles. The van der Waals surface area contributed by atoms with Crippen molar-refractivity contribution in [2.24, 2.45) is 0 Å². The minimum absolute atomic E-state index is 0.0494. The number of amides is 1. The van der Waals surface area contributed by atoms with Gasteiger partial charge in [-0.1, -0.05) is 0 Å². The molecule has 0 aromatic carbocycles. The summed E-state index contributed by atoms with van der Waals surface area (Å²) in [6.07, 6.45) is -2.47. The van der Waals surface area contributed by atoms with E-state index in [9.17, 15) is 23.1 Å². The van der Waals surface area contributed by atoms with Gasteiger partial charge in [-0.2, -0.15) is 13.2 Å². The first-order valence-corrected chi connectivity index (χ1v) is 5.96. The van der Waals surface area contributed by atoms with Crippen molar-refractivity contribution < 1.29 is 23.1 Å². The fraction of sp³-hybridized carbons (Fsp3) is 0.909. The molecule has 0 aromatic rings. The molecule has 1 rings (SSSR count). The summed E-state index contributed by atoms with van der Waals surface area (Å²) in [4.78, 5) is 13.1. The van der Waals surface area contributed by atoms with Crippen molar-refractivity contribution in [2.45, 2.75) is 38.0 Å². The SMILES string of the molecule is CC1(O)CCCN(CC(=O)NCC(F)(F)F)CC1. The predicted octanol–water partition coefficient (Wildman–Crippen LogP) is 0.902. The normalized spacial score (nSPS) is 26.7. The van der Waals surface area contributed by atoms with E-state index in [1.807, 2.05) is 5.32 Å². The zero-order valence-electron chi connectivity index (χ0n) is 10.4. The molecule has 1 aliphatic heterocycles. The maximum absolute atomic E-state index is 11.9. The molecule has 0 radical (unpaired) electrons. The summed E-state index contributed by atoms with van der Waals surface area (Å²) in [6.45, 7) is 1.53. The van der Waals surface area contributed by atoms with Crippen LogP contribution in [0, 0.1) is 0 Å². The fourth-order valence-corrected chi connectivity index (χ4v) is 1.94. The third-order valence-corrected chi connectivity index (χ3v) is 3.01. The molecule has 0 saturated carbocycles. The number of carbonyl (C=O) groups excluding carboxylic acids is 1. The molecule has 1 atom stereocenters. The summed E-state index contributed by atoms with van der Waals surface area (Å²) < 4.78 is 35.7. The van der Waals surface area contributed by atoms with Crippen LogP contribution in [0.25, 0.3) is 0 Å². The first-order valence-electron chi connectivity index (χ1n) is 5.96. The molecule has 1 amide bonds. The molecule has 106 valence electrons. The Bertz CT molecular complexity index is 293. The van der Waals surface area contributed by atoms with Crippen LogP contribution in [0.1, 0.15) is 26.2 Å². The van der Waals surface area contributed by atoms with Gasteiger partial charge in [0.2, 0.25) is 5.91 Å². The Morgan fingerprint density at radius 1 is 1.39 bits per heavy atom. The van der Waals surface area contributed by atoms with Gasteiger partial charge in [-0.25, -0.2) is 0 Å². The molecule has 0 aliphatic carbocycles. The van der Waals surface area contributed by atoms with Crippen molar-refractivity contribution in [3.05, 3.63) is 0 Å². The summed E-state index contributed by atoms with van der Waals surface area (Å²) >= 11 is 0. The minimum Gasteiger partial charge on any atom is -0.390 e. The van der Waals surface area contributed by atoms with Gasteiger partial charge in [-0.15, -0.1) is 0 Å². The van der Waals surface area contributed by atoms with Gasteiger partial charge in [0.05, 0.1) is 12.1 Å². The topological polar surface area (TPSA) is 52.6 Å². The Kier molecular flexibility index (Phi) is 4.98. The van der Waals surface area contributed by atoms with Crippen LogP contribution in [-0.2, 0) is 4.79 Å². The summed E-state index contributed by atoms with van der Waals surface area (Å²) in [7, 11) is 0. The second-order valence-electron chi connectivity index (χ2n) is 5.02. The highest BCUT2D eigenvalue weighted by Gasteiger charge is 2.29. The molecular weight excluding hydrogens is 249 g/mol. The number of nitrogens with one attached hydrogen (secondary N) is 1. The third kappa shape index (κ3) is 6.20. The van der Waals surface area contributed by atoms with Gasteiger partial charge in [-0.05, 0) is 32.7 Å². The lowest BCUT2D eigenvalue weighted by Crippen LogP contribution is -2.41. The summed E-state index contributed by atoms with van der Waals surface area (Å²) in [6, 6.07) is 0. The lowest BCUT2D eigenvalue weighted by Gasteiger charge is -2.22. The Balaban J connectivity index is 2.32. The highest BCUT2D eigenvalue weighted by atomic mass is 19.4. The van der Waals surface area contributed by atoms with E-state index in [0.717, 1.165) is 6.42 Å². The first kappa shape index (κ1) is 15.2. The highest BCUT2D eigenvalue weighted by molar-refractivity contribution is 5.78. The van der Waals surface area contributed by atoms with E-state index in [-0.39, 0.29) is 6.54 Å². The molecule has 4 nitrogen and oxygen atoms in total. The first-order chi connectivity index (χ1) is 8.18. The number of hydrogen-bond donors (Lipinski definition) is 2. The second kappa shape index (κ2) is 5.88. The Labute approximate surface area is 104 Å². The number of halogens is 3. The number of aliphatic hydroxyl groups is 1. The Morgan fingerprint density at radius 3 is 2.67 bits per heavy atom. The Morgan fingerprint density at radius 2 is 2.06 bits per heavy atom. The minimum atomic E-state index is -4.38. The smallest absolute Gasteiger partial charge is 0.390 e. The molecular formula is C11H19F3N2O2. The van der Waals surface area contributed by atoms with Crippen molar-refractivity contribution in [1.82, 2.24) is 10.2 Å². The number of alkyl halides is 3. The average molecular weight is 268 g/mol. The number of nitrogens with zero attached hydrogens (tertiary/aromatic N) is 1. The largest absolute Gasteiger partial charge is 0.405 e. The molecule has 18 heavy (non-hydrogen) atoms. The van der Waals surface area contributed by atoms with Crippen LogP contribution >= 0.6 is 0 Å². The molecule has 0 bridgehead atoms. The molecule has 1 heterocycles. The van der Waals surface area contributed by atoms with Crippen molar-refractivity contribution in [2.75, 3.05) is 26.2 Å². The van der Waals surface area contributed by atoms with Gasteiger partial charge >= 0.3 is 6.18 Å². The van der Waals surface area contributed by atoms with Crippen LogP contribution in [0.3, 0.4) is 0 Å². The number of likely N-dealkylation sites (tertiary alicyclic amines) is 1. The number of hydrogen-bond acceptors (Lipinski definition) is 3. The predicted molar refractivity (Wildman–Crippen MR) is 60.0 cm³/mol. The van der Waals surface area contributed by atoms with Crippen molar-refractivity contribution >= 4 is 5.91 Å². The maximum Gasteiger partial charge on any atom is 0.405 e. The van der Waals surface area contributed by atoms with Gasteiger partial charge in [-0.3, -0.25) is 9.69 Å². The van der Waals surface area contributed by atoms with Crippen LogP contribution in [-0.4, -0.2) is 53.9 Å². The standard InChI is InChI=1S/C11H19F3N2O2/c1-10(18)3-2-5-16(6-4-10)7-9(17)15-8-11(12,13)14/h18H,2-8H2,1H3,(H,15,17). The summed E-state index contributed by atoms with van der Waals surface area (Å²) in [5.74, 6) is -0.631. The summed E-state index contributed by atoms with van der Waals surface area (Å²) in [5, 5.41) is 11.7. The molecule has 0 aromatic heterocycles. The van der Waals surface area contributed by atoms with E-state index in [1.165, 1.54) is 0 Å². The van der Waals surface area contributed by atoms with Crippen LogP contribution in [0.2, 0.25) is 0 Å². The van der Waals surface area contributed by atoms with Crippen LogP contribution in [0.15, 0.2) is 0 Å². The van der Waals surface area contributed by atoms with Crippen LogP contribution in [0.4, 0.5) is 13.2 Å². The van der Waals surface area contributed by atoms with Gasteiger partial charge in [0, 0.05) is 6.54 Å². The van der Waals surface area contributed by atoms with E-state index in [1.54, 1.807) is 11.8 Å². The maximum atomic E-state index is 11.9. The van der Waals surface area contributed by atoms with Crippen LogP contribution in [0.5, 0.6) is 0 Å². The second-order valence-corrected chi connectivity index (χ2v) is 5.02. The van der Waals surface area contributed by atoms with Crippen molar-refractivity contribution in [3.8, 4) is 0 Å². The van der Waals surface area contributed by atoms with E-state index in [0.29, 0.717) is 25.9 Å². The monoisotopic (exact) mass is 268 g/mol. The zero-order valence-corrected chi connectivity index (χ0v) is 10.4. The molecule has 0 spiro atoms. The fourth-order valence-electron chi connectivity index (χ4n) is 1.94. The third-order valence-electron chi connectivity index (χ3n) is 3.01. The van der Waals surface area contributed by atoms with Gasteiger partial charge in [0.25, 0.3) is 0 Å². The zero-order chi connectivity index (χ0) is 13.8. The molecule has 2 N–H and O–H groups in total. The Hall–Kier alpha value is -0.820.